The lowest BCUT2D eigenvalue weighted by Crippen LogP contribution is -2.28. The van der Waals surface area contributed by atoms with Crippen LogP contribution in [0.4, 0.5) is 0 Å². The van der Waals surface area contributed by atoms with Crippen molar-refractivity contribution in [1.82, 2.24) is 20.1 Å². The lowest BCUT2D eigenvalue weighted by Gasteiger charge is -2.22. The molecule has 154 valence electrons. The van der Waals surface area contributed by atoms with Gasteiger partial charge in [-0.15, -0.1) is 5.10 Å². The molecule has 1 amide bonds. The molecule has 0 saturated heterocycles. The zero-order valence-electron chi connectivity index (χ0n) is 17.8. The van der Waals surface area contributed by atoms with Crippen LogP contribution in [0.15, 0.2) is 22.1 Å². The lowest BCUT2D eigenvalue weighted by atomic mass is 9.83. The third-order valence-electron chi connectivity index (χ3n) is 4.76. The molecule has 1 heterocycles. The molecule has 2 N–H and O–H groups in total. The van der Waals surface area contributed by atoms with E-state index in [9.17, 15) is 9.59 Å². The van der Waals surface area contributed by atoms with Crippen LogP contribution < -0.4 is 11.0 Å². The number of hydrogen-bond donors (Lipinski definition) is 2. The molecule has 6 nitrogen and oxygen atoms in total. The number of amides is 1. The van der Waals surface area contributed by atoms with Gasteiger partial charge >= 0.3 is 5.69 Å². The quantitative estimate of drug-likeness (QED) is 0.661. The van der Waals surface area contributed by atoms with Gasteiger partial charge in [-0.3, -0.25) is 9.36 Å². The van der Waals surface area contributed by atoms with E-state index in [1.165, 1.54) is 34.0 Å². The van der Waals surface area contributed by atoms with Gasteiger partial charge in [-0.2, -0.15) is 0 Å². The number of rotatable bonds is 8. The van der Waals surface area contributed by atoms with Crippen molar-refractivity contribution < 1.29 is 4.79 Å². The molecule has 0 bridgehead atoms. The Balaban J connectivity index is 1.88. The van der Waals surface area contributed by atoms with Crippen molar-refractivity contribution in [2.75, 3.05) is 12.3 Å². The molecular weight excluding hydrogens is 372 g/mol. The van der Waals surface area contributed by atoms with Crippen LogP contribution in [0.25, 0.3) is 0 Å². The van der Waals surface area contributed by atoms with E-state index < -0.39 is 0 Å². The van der Waals surface area contributed by atoms with Gasteiger partial charge in [-0.05, 0) is 54.4 Å². The van der Waals surface area contributed by atoms with Gasteiger partial charge in [0.2, 0.25) is 5.91 Å². The van der Waals surface area contributed by atoms with Crippen molar-refractivity contribution in [3.63, 3.8) is 0 Å². The summed E-state index contributed by atoms with van der Waals surface area (Å²) >= 11 is 1.28. The van der Waals surface area contributed by atoms with Crippen molar-refractivity contribution in [2.24, 2.45) is 0 Å². The molecule has 0 aliphatic rings. The number of carbonyl (C=O) groups excluding carboxylic acids is 1. The molecule has 1 aromatic carbocycles. The molecular formula is C21H32N4O2S. The summed E-state index contributed by atoms with van der Waals surface area (Å²) in [5.74, 6) is 0.194. The predicted octanol–water partition coefficient (Wildman–Crippen LogP) is 3.35. The van der Waals surface area contributed by atoms with Gasteiger partial charge in [-0.25, -0.2) is 9.89 Å². The fourth-order valence-electron chi connectivity index (χ4n) is 3.16. The van der Waals surface area contributed by atoms with Crippen LogP contribution in [0.1, 0.15) is 56.4 Å². The maximum absolute atomic E-state index is 12.2. The minimum Gasteiger partial charge on any atom is -0.355 e. The molecule has 28 heavy (non-hydrogen) atoms. The van der Waals surface area contributed by atoms with Gasteiger partial charge in [-0.1, -0.05) is 51.6 Å². The van der Waals surface area contributed by atoms with Crippen LogP contribution in [-0.4, -0.2) is 33.0 Å². The van der Waals surface area contributed by atoms with Gasteiger partial charge in [0, 0.05) is 13.1 Å². The van der Waals surface area contributed by atoms with Gasteiger partial charge in [0.15, 0.2) is 5.16 Å². The summed E-state index contributed by atoms with van der Waals surface area (Å²) in [6, 6.07) is 4.51. The Morgan fingerprint density at radius 3 is 2.46 bits per heavy atom. The Morgan fingerprint density at radius 2 is 1.89 bits per heavy atom. The Morgan fingerprint density at radius 1 is 1.25 bits per heavy atom. The van der Waals surface area contributed by atoms with Gasteiger partial charge in [0.1, 0.15) is 0 Å². The number of H-pyrrole nitrogens is 1. The van der Waals surface area contributed by atoms with Crippen LogP contribution in [0, 0.1) is 13.8 Å². The first-order chi connectivity index (χ1) is 13.1. The number of thioether (sulfide) groups is 1. The number of benzene rings is 1. The number of nitrogens with one attached hydrogen (secondary N) is 2. The van der Waals surface area contributed by atoms with Crippen LogP contribution in [0.3, 0.4) is 0 Å². The van der Waals surface area contributed by atoms with Crippen molar-refractivity contribution in [1.29, 1.82) is 0 Å². The summed E-state index contributed by atoms with van der Waals surface area (Å²) in [4.78, 5) is 23.9. The molecule has 0 unspecified atom stereocenters. The number of nitrogens with zero attached hydrogens (tertiary/aromatic N) is 2. The first-order valence-electron chi connectivity index (χ1n) is 9.78. The maximum atomic E-state index is 12.2. The van der Waals surface area contributed by atoms with Gasteiger partial charge < -0.3 is 5.32 Å². The number of aromatic amines is 1. The molecule has 7 heteroatoms. The largest absolute Gasteiger partial charge is 0.355 e. The van der Waals surface area contributed by atoms with E-state index >= 15 is 0 Å². The zero-order valence-corrected chi connectivity index (χ0v) is 18.6. The van der Waals surface area contributed by atoms with Crippen LogP contribution in [0.2, 0.25) is 0 Å². The average molecular weight is 405 g/mol. The summed E-state index contributed by atoms with van der Waals surface area (Å²) in [7, 11) is 0. The molecule has 0 spiro atoms. The second kappa shape index (κ2) is 9.45. The minimum atomic E-state index is -0.227. The fourth-order valence-corrected chi connectivity index (χ4v) is 3.97. The standard InChI is InChI=1S/C21H32N4O2S/c1-7-10-25-19(27)23-24-20(25)28-13-18(26)22-9-8-17-14(2)11-16(12-15(17)3)21(4,5)6/h11-12H,7-10,13H2,1-6H3,(H,22,26)(H,23,27). The van der Waals surface area contributed by atoms with E-state index in [0.29, 0.717) is 18.2 Å². The molecule has 0 radical (unpaired) electrons. The highest BCUT2D eigenvalue weighted by atomic mass is 32.2. The lowest BCUT2D eigenvalue weighted by molar-refractivity contribution is -0.118. The van der Waals surface area contributed by atoms with Gasteiger partial charge in [0.25, 0.3) is 0 Å². The van der Waals surface area contributed by atoms with Crippen molar-refractivity contribution in [3.05, 3.63) is 44.9 Å². The SMILES string of the molecule is CCCn1c(SCC(=O)NCCc2c(C)cc(C(C)(C)C)cc2C)n[nH]c1=O. The van der Waals surface area contributed by atoms with Crippen LogP contribution in [-0.2, 0) is 23.2 Å². The van der Waals surface area contributed by atoms with E-state index in [0.717, 1.165) is 12.8 Å². The zero-order chi connectivity index (χ0) is 20.9. The van der Waals surface area contributed by atoms with Crippen molar-refractivity contribution in [2.45, 2.75) is 71.5 Å². The number of aryl methyl sites for hydroxylation is 2. The third kappa shape index (κ3) is 5.74. The third-order valence-corrected chi connectivity index (χ3v) is 5.74. The first kappa shape index (κ1) is 22.3. The summed E-state index contributed by atoms with van der Waals surface area (Å²) in [6.07, 6.45) is 1.65. The Hall–Kier alpha value is -2.02. The smallest absolute Gasteiger partial charge is 0.343 e. The molecule has 1 aromatic heterocycles. The minimum absolute atomic E-state index is 0.0508. The Kier molecular flexibility index (Phi) is 7.52. The number of aromatic nitrogens is 3. The van der Waals surface area contributed by atoms with Crippen molar-refractivity contribution >= 4 is 17.7 Å². The molecule has 2 rings (SSSR count). The molecule has 0 aliphatic carbocycles. The van der Waals surface area contributed by atoms with E-state index in [4.69, 9.17) is 0 Å². The molecule has 2 aromatic rings. The van der Waals surface area contributed by atoms with Crippen molar-refractivity contribution in [3.8, 4) is 0 Å². The predicted molar refractivity (Wildman–Crippen MR) is 115 cm³/mol. The molecule has 0 saturated carbocycles. The van der Waals surface area contributed by atoms with Crippen LogP contribution in [0.5, 0.6) is 0 Å². The number of hydrogen-bond acceptors (Lipinski definition) is 4. The van der Waals surface area contributed by atoms with Gasteiger partial charge in [0.05, 0.1) is 5.75 Å². The summed E-state index contributed by atoms with van der Waals surface area (Å²) in [6.45, 7) is 14.1. The highest BCUT2D eigenvalue weighted by Gasteiger charge is 2.16. The second-order valence-corrected chi connectivity index (χ2v) is 9.13. The monoisotopic (exact) mass is 404 g/mol. The van der Waals surface area contributed by atoms with E-state index in [1.54, 1.807) is 4.57 Å². The highest BCUT2D eigenvalue weighted by Crippen LogP contribution is 2.27. The van der Waals surface area contributed by atoms with E-state index in [2.05, 4.69) is 62.3 Å². The average Bonchev–Trinajstić information content (AvgIpc) is 2.95. The molecule has 0 fully saturated rings. The Labute approximate surface area is 171 Å². The topological polar surface area (TPSA) is 79.8 Å². The normalized spacial score (nSPS) is 11.6. The summed E-state index contributed by atoms with van der Waals surface area (Å²) in [5, 5.41) is 9.97. The van der Waals surface area contributed by atoms with E-state index in [1.807, 2.05) is 6.92 Å². The maximum Gasteiger partial charge on any atom is 0.343 e. The number of carbonyl (C=O) groups is 1. The van der Waals surface area contributed by atoms with Crippen LogP contribution >= 0.6 is 11.8 Å². The first-order valence-corrected chi connectivity index (χ1v) is 10.8. The Bertz CT molecular complexity index is 854. The summed E-state index contributed by atoms with van der Waals surface area (Å²) < 4.78 is 1.57. The highest BCUT2D eigenvalue weighted by molar-refractivity contribution is 7.99. The summed E-state index contributed by atoms with van der Waals surface area (Å²) in [5.41, 5.74) is 5.08. The molecule has 0 atom stereocenters. The fraction of sp³-hybridized carbons (Fsp3) is 0.571. The van der Waals surface area contributed by atoms with E-state index in [-0.39, 0.29) is 22.8 Å². The second-order valence-electron chi connectivity index (χ2n) is 8.19. The molecule has 0 aliphatic heterocycles.